The van der Waals surface area contributed by atoms with Crippen LogP contribution < -0.4 is 0 Å². The molecule has 2 heteroatoms. The maximum Gasteiger partial charge on any atom is 0.0666 e. The molecule has 2 N–H and O–H groups in total. The van der Waals surface area contributed by atoms with Gasteiger partial charge in [-0.05, 0) is 18.3 Å². The molecule has 0 amide bonds. The molecule has 2 unspecified atom stereocenters. The van der Waals surface area contributed by atoms with E-state index in [1.54, 1.807) is 0 Å². The molecule has 0 aliphatic heterocycles. The van der Waals surface area contributed by atoms with Crippen molar-refractivity contribution in [1.29, 1.82) is 0 Å². The Bertz CT molecular complexity index is 208. The van der Waals surface area contributed by atoms with Crippen LogP contribution in [0, 0.1) is 10.8 Å². The van der Waals surface area contributed by atoms with Crippen molar-refractivity contribution in [2.24, 2.45) is 10.8 Å². The Morgan fingerprint density at radius 3 is 1.78 bits per heavy atom. The summed E-state index contributed by atoms with van der Waals surface area (Å²) in [4.78, 5) is 0. The second-order valence-corrected chi connectivity index (χ2v) is 6.85. The van der Waals surface area contributed by atoms with Crippen LogP contribution in [0.4, 0.5) is 0 Å². The van der Waals surface area contributed by atoms with Crippen molar-refractivity contribution < 1.29 is 10.2 Å². The molecule has 0 aromatic carbocycles. The van der Waals surface area contributed by atoms with Gasteiger partial charge >= 0.3 is 0 Å². The van der Waals surface area contributed by atoms with Gasteiger partial charge in [-0.2, -0.15) is 0 Å². The van der Waals surface area contributed by atoms with Gasteiger partial charge in [0.15, 0.2) is 0 Å². The number of unbranched alkanes of at least 4 members (excludes halogenated alkanes) is 3. The van der Waals surface area contributed by atoms with E-state index in [-0.39, 0.29) is 17.4 Å². The molecular weight excluding hydrogens is 224 g/mol. The molecule has 0 rings (SSSR count). The highest BCUT2D eigenvalue weighted by molar-refractivity contribution is 4.92. The normalized spacial score (nSPS) is 17.5. The Morgan fingerprint density at radius 1 is 0.889 bits per heavy atom. The van der Waals surface area contributed by atoms with Crippen LogP contribution in [0.15, 0.2) is 0 Å². The molecule has 0 aliphatic rings. The van der Waals surface area contributed by atoms with Crippen molar-refractivity contribution in [1.82, 2.24) is 0 Å². The molecule has 0 saturated heterocycles. The lowest BCUT2D eigenvalue weighted by Gasteiger charge is -2.43. The summed E-state index contributed by atoms with van der Waals surface area (Å²) < 4.78 is 0. The van der Waals surface area contributed by atoms with Crippen molar-refractivity contribution in [2.75, 3.05) is 6.61 Å². The molecule has 2 nitrogen and oxygen atoms in total. The highest BCUT2D eigenvalue weighted by Gasteiger charge is 2.42. The Labute approximate surface area is 114 Å². The van der Waals surface area contributed by atoms with E-state index in [1.807, 2.05) is 0 Å². The van der Waals surface area contributed by atoms with Crippen LogP contribution >= 0.6 is 0 Å². The molecule has 0 spiro atoms. The highest BCUT2D eigenvalue weighted by atomic mass is 16.3. The Hall–Kier alpha value is -0.0800. The predicted molar refractivity (Wildman–Crippen MR) is 78.6 cm³/mol. The fraction of sp³-hybridized carbons (Fsp3) is 1.00. The van der Waals surface area contributed by atoms with Gasteiger partial charge in [0.2, 0.25) is 0 Å². The van der Waals surface area contributed by atoms with Crippen molar-refractivity contribution in [3.05, 3.63) is 0 Å². The fourth-order valence-electron chi connectivity index (χ4n) is 2.82. The Morgan fingerprint density at radius 2 is 1.39 bits per heavy atom. The monoisotopic (exact) mass is 258 g/mol. The first-order valence-corrected chi connectivity index (χ1v) is 7.63. The first kappa shape index (κ1) is 17.9. The van der Waals surface area contributed by atoms with E-state index in [0.29, 0.717) is 0 Å². The lowest BCUT2D eigenvalue weighted by atomic mass is 9.66. The first-order chi connectivity index (χ1) is 8.34. The molecule has 0 heterocycles. The summed E-state index contributed by atoms with van der Waals surface area (Å²) in [6.45, 7) is 10.6. The molecule has 0 aromatic rings. The molecule has 18 heavy (non-hydrogen) atoms. The molecule has 0 fully saturated rings. The summed E-state index contributed by atoms with van der Waals surface area (Å²) >= 11 is 0. The minimum atomic E-state index is -0.432. The quantitative estimate of drug-likeness (QED) is 0.610. The lowest BCUT2D eigenvalue weighted by molar-refractivity contribution is -0.0881. The van der Waals surface area contributed by atoms with Crippen LogP contribution in [0.1, 0.15) is 79.6 Å². The summed E-state index contributed by atoms with van der Waals surface area (Å²) in [6, 6.07) is 0. The first-order valence-electron chi connectivity index (χ1n) is 7.63. The minimum absolute atomic E-state index is 0.106. The summed E-state index contributed by atoms with van der Waals surface area (Å²) in [5, 5.41) is 20.5. The van der Waals surface area contributed by atoms with Crippen LogP contribution in [0.25, 0.3) is 0 Å². The zero-order chi connectivity index (χ0) is 14.2. The third-order valence-electron chi connectivity index (χ3n) is 4.02. The second kappa shape index (κ2) is 8.16. The number of hydrogen-bond acceptors (Lipinski definition) is 2. The number of rotatable bonds is 9. The van der Waals surface area contributed by atoms with Crippen molar-refractivity contribution in [2.45, 2.75) is 85.7 Å². The topological polar surface area (TPSA) is 40.5 Å². The van der Waals surface area contributed by atoms with E-state index in [4.69, 9.17) is 0 Å². The van der Waals surface area contributed by atoms with Crippen LogP contribution in [0.3, 0.4) is 0 Å². The summed E-state index contributed by atoms with van der Waals surface area (Å²) in [5.74, 6) is 0. The van der Waals surface area contributed by atoms with E-state index in [2.05, 4.69) is 34.6 Å². The van der Waals surface area contributed by atoms with Crippen LogP contribution in [-0.2, 0) is 0 Å². The van der Waals surface area contributed by atoms with Gasteiger partial charge in [0.05, 0.1) is 12.7 Å². The van der Waals surface area contributed by atoms with Crippen LogP contribution in [0.5, 0.6) is 0 Å². The zero-order valence-electron chi connectivity index (χ0n) is 13.1. The number of aliphatic hydroxyl groups is 2. The number of hydrogen-bond donors (Lipinski definition) is 2. The standard InChI is InChI=1S/C16H34O2/c1-6-8-10-12-16(13-17,11-9-7-2)14(18)15(3,4)5/h14,17-18H,6-13H2,1-5H3. The predicted octanol–water partition coefficient (Wildman–Crippen LogP) is 4.14. The second-order valence-electron chi connectivity index (χ2n) is 6.85. The Kier molecular flexibility index (Phi) is 8.13. The summed E-state index contributed by atoms with van der Waals surface area (Å²) in [6.07, 6.45) is 7.11. The largest absolute Gasteiger partial charge is 0.396 e. The molecule has 110 valence electrons. The minimum Gasteiger partial charge on any atom is -0.396 e. The average Bonchev–Trinajstić information content (AvgIpc) is 2.32. The molecular formula is C16H34O2. The van der Waals surface area contributed by atoms with Crippen LogP contribution in [-0.4, -0.2) is 22.9 Å². The van der Waals surface area contributed by atoms with Gasteiger partial charge in [0.25, 0.3) is 0 Å². The van der Waals surface area contributed by atoms with Crippen molar-refractivity contribution >= 4 is 0 Å². The van der Waals surface area contributed by atoms with Crippen LogP contribution in [0.2, 0.25) is 0 Å². The van der Waals surface area contributed by atoms with Gasteiger partial charge in [-0.3, -0.25) is 0 Å². The molecule has 0 aromatic heterocycles. The van der Waals surface area contributed by atoms with E-state index in [0.717, 1.165) is 32.1 Å². The van der Waals surface area contributed by atoms with E-state index < -0.39 is 6.10 Å². The van der Waals surface area contributed by atoms with Gasteiger partial charge in [-0.25, -0.2) is 0 Å². The van der Waals surface area contributed by atoms with Crippen molar-refractivity contribution in [3.8, 4) is 0 Å². The summed E-state index contributed by atoms with van der Waals surface area (Å²) in [7, 11) is 0. The molecule has 0 bridgehead atoms. The van der Waals surface area contributed by atoms with Gasteiger partial charge in [-0.1, -0.05) is 66.7 Å². The molecule has 0 aliphatic carbocycles. The highest BCUT2D eigenvalue weighted by Crippen LogP contribution is 2.41. The zero-order valence-corrected chi connectivity index (χ0v) is 13.1. The smallest absolute Gasteiger partial charge is 0.0666 e. The van der Waals surface area contributed by atoms with Gasteiger partial charge in [0, 0.05) is 5.41 Å². The molecule has 2 atom stereocenters. The van der Waals surface area contributed by atoms with Gasteiger partial charge in [0.1, 0.15) is 0 Å². The van der Waals surface area contributed by atoms with Gasteiger partial charge < -0.3 is 10.2 Å². The van der Waals surface area contributed by atoms with E-state index in [1.165, 1.54) is 12.8 Å². The van der Waals surface area contributed by atoms with Crippen molar-refractivity contribution in [3.63, 3.8) is 0 Å². The lowest BCUT2D eigenvalue weighted by Crippen LogP contribution is -2.46. The maximum atomic E-state index is 10.7. The maximum absolute atomic E-state index is 10.7. The molecule has 0 radical (unpaired) electrons. The van der Waals surface area contributed by atoms with E-state index >= 15 is 0 Å². The third kappa shape index (κ3) is 5.27. The fourth-order valence-corrected chi connectivity index (χ4v) is 2.82. The number of aliphatic hydroxyl groups excluding tert-OH is 2. The SMILES string of the molecule is CCCCCC(CO)(CCCC)C(O)C(C)(C)C. The molecule has 0 saturated carbocycles. The Balaban J connectivity index is 4.84. The summed E-state index contributed by atoms with van der Waals surface area (Å²) in [5.41, 5.74) is -0.466. The van der Waals surface area contributed by atoms with E-state index in [9.17, 15) is 10.2 Å². The third-order valence-corrected chi connectivity index (χ3v) is 4.02. The van der Waals surface area contributed by atoms with Gasteiger partial charge in [-0.15, -0.1) is 0 Å². The average molecular weight is 258 g/mol.